The number of carbonyl (C=O) groups is 1. The molecule has 0 aromatic heterocycles. The molecule has 166 valence electrons. The molecule has 0 aliphatic heterocycles. The molecule has 0 aliphatic rings. The van der Waals surface area contributed by atoms with Gasteiger partial charge in [0.05, 0.1) is 6.04 Å². The maximum absolute atomic E-state index is 12.6. The van der Waals surface area contributed by atoms with Crippen LogP contribution in [0.1, 0.15) is 31.9 Å². The van der Waals surface area contributed by atoms with Gasteiger partial charge in [-0.25, -0.2) is 4.79 Å². The molecule has 1 amide bonds. The number of carbonyl (C=O) groups excluding carboxylic acids is 1. The topological polar surface area (TPSA) is 62.7 Å². The fourth-order valence-electron chi connectivity index (χ4n) is 3.43. The van der Waals surface area contributed by atoms with Gasteiger partial charge in [0.25, 0.3) is 0 Å². The molecule has 0 radical (unpaired) electrons. The fourth-order valence-corrected chi connectivity index (χ4v) is 3.43. The zero-order valence-electron chi connectivity index (χ0n) is 19.2. The largest absolute Gasteiger partial charge is 0.444 e. The third-order valence-electron chi connectivity index (χ3n) is 4.92. The predicted octanol–water partition coefficient (Wildman–Crippen LogP) is 5.56. The van der Waals surface area contributed by atoms with Crippen LogP contribution in [0.3, 0.4) is 0 Å². The second-order valence-electron chi connectivity index (χ2n) is 8.66. The van der Waals surface area contributed by atoms with E-state index in [0.717, 1.165) is 16.5 Å². The number of hydrogen-bond donors (Lipinski definition) is 2. The highest BCUT2D eigenvalue weighted by molar-refractivity contribution is 5.96. The monoisotopic (exact) mass is 429 g/mol. The Hall–Kier alpha value is -3.60. The van der Waals surface area contributed by atoms with Crippen LogP contribution < -0.4 is 10.6 Å². The van der Waals surface area contributed by atoms with Crippen LogP contribution in [-0.4, -0.2) is 30.6 Å². The highest BCUT2D eigenvalue weighted by Gasteiger charge is 2.24. The lowest BCUT2D eigenvalue weighted by molar-refractivity contribution is 0.0517. The van der Waals surface area contributed by atoms with E-state index in [1.165, 1.54) is 5.39 Å². The summed E-state index contributed by atoms with van der Waals surface area (Å²) < 4.78 is 5.51. The summed E-state index contributed by atoms with van der Waals surface area (Å²) in [6.07, 6.45) is 0.0581. The van der Waals surface area contributed by atoms with Gasteiger partial charge < -0.3 is 15.4 Å². The first-order valence-corrected chi connectivity index (χ1v) is 10.7. The Morgan fingerprint density at radius 1 is 1.00 bits per heavy atom. The van der Waals surface area contributed by atoms with Gasteiger partial charge in [-0.05, 0) is 42.7 Å². The first-order chi connectivity index (χ1) is 15.2. The molecule has 0 fully saturated rings. The van der Waals surface area contributed by atoms with Crippen molar-refractivity contribution in [3.63, 3.8) is 0 Å². The second kappa shape index (κ2) is 10.1. The van der Waals surface area contributed by atoms with Crippen LogP contribution in [0, 0.1) is 0 Å². The maximum Gasteiger partial charge on any atom is 0.408 e. The Labute approximate surface area is 190 Å². The Kier molecular flexibility index (Phi) is 7.31. The second-order valence-corrected chi connectivity index (χ2v) is 8.66. The first kappa shape index (κ1) is 23.1. The van der Waals surface area contributed by atoms with E-state index in [0.29, 0.717) is 18.0 Å². The lowest BCUT2D eigenvalue weighted by Crippen LogP contribution is -2.49. The van der Waals surface area contributed by atoms with Gasteiger partial charge in [0.2, 0.25) is 0 Å². The van der Waals surface area contributed by atoms with Crippen LogP contribution in [-0.2, 0) is 11.2 Å². The molecule has 0 bridgehead atoms. The summed E-state index contributed by atoms with van der Waals surface area (Å²) in [6.45, 7) is 9.67. The van der Waals surface area contributed by atoms with Crippen LogP contribution in [0.4, 0.5) is 4.79 Å². The number of aliphatic imine (C=N–C) groups is 1. The molecule has 3 aromatic carbocycles. The maximum atomic E-state index is 12.6. The van der Waals surface area contributed by atoms with E-state index in [1.807, 2.05) is 63.2 Å². The number of amidine groups is 1. The molecule has 1 atom stereocenters. The van der Waals surface area contributed by atoms with E-state index >= 15 is 0 Å². The van der Waals surface area contributed by atoms with Crippen molar-refractivity contribution in [3.05, 3.63) is 90.5 Å². The molecule has 0 saturated carbocycles. The smallest absolute Gasteiger partial charge is 0.408 e. The molecule has 32 heavy (non-hydrogen) atoms. The minimum absolute atomic E-state index is 0.420. The molecule has 5 heteroatoms. The van der Waals surface area contributed by atoms with Crippen molar-refractivity contribution in [2.24, 2.45) is 4.99 Å². The highest BCUT2D eigenvalue weighted by Crippen LogP contribution is 2.18. The molecule has 2 N–H and O–H groups in total. The van der Waals surface area contributed by atoms with Crippen molar-refractivity contribution in [1.29, 1.82) is 0 Å². The standard InChI is InChI=1S/C27H31N3O2/c1-19(21-11-7-6-8-12-21)29-25(28-5)24(30-26(31)32-27(2,3)4)18-20-15-16-22-13-9-10-14-23(22)17-20/h6-17,24H,1,18H2,2-5H3,(H,28,29)(H,30,31)/t24-/m1/s1. The van der Waals surface area contributed by atoms with Gasteiger partial charge in [-0.2, -0.15) is 0 Å². The fraction of sp³-hybridized carbons (Fsp3) is 0.259. The van der Waals surface area contributed by atoms with Crippen molar-refractivity contribution < 1.29 is 9.53 Å². The Balaban J connectivity index is 1.85. The predicted molar refractivity (Wildman–Crippen MR) is 133 cm³/mol. The van der Waals surface area contributed by atoms with E-state index in [-0.39, 0.29) is 0 Å². The summed E-state index contributed by atoms with van der Waals surface area (Å²) >= 11 is 0. The number of benzene rings is 3. The van der Waals surface area contributed by atoms with E-state index < -0.39 is 17.7 Å². The van der Waals surface area contributed by atoms with Gasteiger partial charge in [-0.3, -0.25) is 4.99 Å². The van der Waals surface area contributed by atoms with Gasteiger partial charge in [0.15, 0.2) is 0 Å². The van der Waals surface area contributed by atoms with E-state index in [9.17, 15) is 4.79 Å². The van der Waals surface area contributed by atoms with Crippen LogP contribution in [0.15, 0.2) is 84.4 Å². The number of nitrogens with zero attached hydrogens (tertiary/aromatic N) is 1. The van der Waals surface area contributed by atoms with Crippen molar-refractivity contribution in [3.8, 4) is 0 Å². The summed E-state index contributed by atoms with van der Waals surface area (Å²) in [5.41, 5.74) is 2.15. The van der Waals surface area contributed by atoms with Gasteiger partial charge >= 0.3 is 6.09 Å². The lowest BCUT2D eigenvalue weighted by atomic mass is 10.0. The molecule has 0 aliphatic carbocycles. The number of fused-ring (bicyclic) bond motifs is 1. The first-order valence-electron chi connectivity index (χ1n) is 10.7. The molecule has 3 aromatic rings. The summed E-state index contributed by atoms with van der Waals surface area (Å²) in [4.78, 5) is 17.0. The summed E-state index contributed by atoms with van der Waals surface area (Å²) in [7, 11) is 1.70. The van der Waals surface area contributed by atoms with Gasteiger partial charge in [-0.15, -0.1) is 0 Å². The molecule has 3 rings (SSSR count). The summed E-state index contributed by atoms with van der Waals surface area (Å²) in [5, 5.41) is 8.60. The number of ether oxygens (including phenoxy) is 1. The molecule has 0 unspecified atom stereocenters. The number of rotatable bonds is 6. The van der Waals surface area contributed by atoms with Gasteiger partial charge in [0, 0.05) is 19.2 Å². The normalized spacial score (nSPS) is 12.8. The minimum atomic E-state index is -0.595. The Morgan fingerprint density at radius 3 is 2.31 bits per heavy atom. The molecular weight excluding hydrogens is 398 g/mol. The van der Waals surface area contributed by atoms with Gasteiger partial charge in [-0.1, -0.05) is 79.4 Å². The number of nitrogens with one attached hydrogen (secondary N) is 2. The van der Waals surface area contributed by atoms with E-state index in [1.54, 1.807) is 7.05 Å². The summed E-state index contributed by atoms with van der Waals surface area (Å²) in [5.74, 6) is 0.609. The number of hydrogen-bond acceptors (Lipinski definition) is 3. The van der Waals surface area contributed by atoms with Crippen LogP contribution >= 0.6 is 0 Å². The van der Waals surface area contributed by atoms with Crippen LogP contribution in [0.2, 0.25) is 0 Å². The van der Waals surface area contributed by atoms with Crippen LogP contribution in [0.5, 0.6) is 0 Å². The molecule has 0 saturated heterocycles. The van der Waals surface area contributed by atoms with Crippen molar-refractivity contribution in [1.82, 2.24) is 10.6 Å². The van der Waals surface area contributed by atoms with Crippen molar-refractivity contribution >= 4 is 28.4 Å². The average Bonchev–Trinajstić information content (AvgIpc) is 2.76. The average molecular weight is 430 g/mol. The van der Waals surface area contributed by atoms with E-state index in [2.05, 4.69) is 52.5 Å². The molecule has 0 spiro atoms. The molecule has 5 nitrogen and oxygen atoms in total. The third-order valence-corrected chi connectivity index (χ3v) is 4.92. The van der Waals surface area contributed by atoms with Crippen molar-refractivity contribution in [2.75, 3.05) is 7.05 Å². The SMILES string of the molecule is C=C(NC(=NC)[C@@H](Cc1ccc2ccccc2c1)NC(=O)OC(C)(C)C)c1ccccc1. The third kappa shape index (κ3) is 6.45. The Morgan fingerprint density at radius 2 is 1.66 bits per heavy atom. The number of alkyl carbamates (subject to hydrolysis) is 1. The lowest BCUT2D eigenvalue weighted by Gasteiger charge is -2.26. The molecular formula is C27H31N3O2. The zero-order chi connectivity index (χ0) is 23.1. The van der Waals surface area contributed by atoms with Crippen LogP contribution in [0.25, 0.3) is 16.5 Å². The minimum Gasteiger partial charge on any atom is -0.444 e. The molecule has 0 heterocycles. The number of amides is 1. The zero-order valence-corrected chi connectivity index (χ0v) is 19.2. The highest BCUT2D eigenvalue weighted by atomic mass is 16.6. The van der Waals surface area contributed by atoms with Gasteiger partial charge in [0.1, 0.15) is 11.4 Å². The quantitative estimate of drug-likeness (QED) is 0.398. The summed E-state index contributed by atoms with van der Waals surface area (Å²) in [6, 6.07) is 23.9. The Bertz CT molecular complexity index is 1110. The van der Waals surface area contributed by atoms with E-state index in [4.69, 9.17) is 4.74 Å². The van der Waals surface area contributed by atoms with Crippen molar-refractivity contribution in [2.45, 2.75) is 38.8 Å².